The summed E-state index contributed by atoms with van der Waals surface area (Å²) in [5, 5.41) is 3.23. The van der Waals surface area contributed by atoms with Gasteiger partial charge in [-0.05, 0) is 44.0 Å². The van der Waals surface area contributed by atoms with Gasteiger partial charge in [0.1, 0.15) is 5.75 Å². The van der Waals surface area contributed by atoms with Crippen LogP contribution in [0.3, 0.4) is 0 Å². The van der Waals surface area contributed by atoms with Crippen LogP contribution in [-0.4, -0.2) is 34.3 Å². The summed E-state index contributed by atoms with van der Waals surface area (Å²) in [6.45, 7) is 1.84. The molecule has 0 aliphatic heterocycles. The molecule has 1 heterocycles. The molecule has 0 saturated heterocycles. The first kappa shape index (κ1) is 19.5. The Kier molecular flexibility index (Phi) is 6.55. The van der Waals surface area contributed by atoms with E-state index in [1.54, 1.807) is 7.11 Å². The topological polar surface area (TPSA) is 84.1 Å². The van der Waals surface area contributed by atoms with Gasteiger partial charge in [-0.1, -0.05) is 31.0 Å². The van der Waals surface area contributed by atoms with Crippen LogP contribution in [0.2, 0.25) is 0 Å². The molecule has 0 radical (unpaired) electrons. The molecular formula is C20H25N3O3S. The number of amides is 1. The number of nitrogens with one attached hydrogen (secondary N) is 2. The number of rotatable bonds is 6. The van der Waals surface area contributed by atoms with Crippen LogP contribution in [0.4, 0.5) is 0 Å². The predicted molar refractivity (Wildman–Crippen MR) is 107 cm³/mol. The highest BCUT2D eigenvalue weighted by molar-refractivity contribution is 8.00. The van der Waals surface area contributed by atoms with E-state index in [0.29, 0.717) is 10.9 Å². The molecule has 144 valence electrons. The second kappa shape index (κ2) is 9.08. The van der Waals surface area contributed by atoms with Crippen LogP contribution in [-0.2, 0) is 4.79 Å². The average Bonchev–Trinajstić information content (AvgIpc) is 2.68. The standard InChI is InChI=1S/C20H25N3O3S/c1-13(19(25)21-15-6-4-3-5-7-15)27-20-22-17(12-18(24)23-20)14-8-10-16(26-2)11-9-14/h8-13,15H,3-7H2,1-2H3,(H,21,25)(H,22,23,24). The van der Waals surface area contributed by atoms with Crippen LogP contribution in [0.1, 0.15) is 39.0 Å². The Morgan fingerprint density at radius 3 is 2.63 bits per heavy atom. The van der Waals surface area contributed by atoms with Gasteiger partial charge in [0.2, 0.25) is 5.91 Å². The van der Waals surface area contributed by atoms with Crippen molar-refractivity contribution in [3.63, 3.8) is 0 Å². The molecule has 7 heteroatoms. The van der Waals surface area contributed by atoms with E-state index < -0.39 is 0 Å². The molecular weight excluding hydrogens is 362 g/mol. The lowest BCUT2D eigenvalue weighted by molar-refractivity contribution is -0.121. The van der Waals surface area contributed by atoms with Crippen molar-refractivity contribution < 1.29 is 9.53 Å². The Morgan fingerprint density at radius 2 is 1.96 bits per heavy atom. The molecule has 1 atom stereocenters. The van der Waals surface area contributed by atoms with Gasteiger partial charge in [0.15, 0.2) is 5.16 Å². The zero-order chi connectivity index (χ0) is 19.2. The fraction of sp³-hybridized carbons (Fsp3) is 0.450. The number of benzene rings is 1. The summed E-state index contributed by atoms with van der Waals surface area (Å²) in [5.41, 5.74) is 1.16. The maximum Gasteiger partial charge on any atom is 0.252 e. The molecule has 27 heavy (non-hydrogen) atoms. The van der Waals surface area contributed by atoms with E-state index in [1.807, 2.05) is 31.2 Å². The molecule has 1 aromatic heterocycles. The minimum absolute atomic E-state index is 0.00982. The van der Waals surface area contributed by atoms with Crippen molar-refractivity contribution >= 4 is 17.7 Å². The molecule has 1 unspecified atom stereocenters. The van der Waals surface area contributed by atoms with E-state index >= 15 is 0 Å². The largest absolute Gasteiger partial charge is 0.497 e. The van der Waals surface area contributed by atoms with Crippen molar-refractivity contribution in [3.8, 4) is 17.0 Å². The van der Waals surface area contributed by atoms with Gasteiger partial charge >= 0.3 is 0 Å². The zero-order valence-corrected chi connectivity index (χ0v) is 16.5. The highest BCUT2D eigenvalue weighted by Crippen LogP contribution is 2.24. The van der Waals surface area contributed by atoms with Crippen molar-refractivity contribution in [2.45, 2.75) is 55.5 Å². The first-order valence-corrected chi connectivity index (χ1v) is 10.2. The highest BCUT2D eigenvalue weighted by Gasteiger charge is 2.21. The Balaban J connectivity index is 1.69. The van der Waals surface area contributed by atoms with Crippen molar-refractivity contribution in [3.05, 3.63) is 40.7 Å². The predicted octanol–water partition coefficient (Wildman–Crippen LogP) is 3.38. The Morgan fingerprint density at radius 1 is 1.26 bits per heavy atom. The lowest BCUT2D eigenvalue weighted by Crippen LogP contribution is -2.40. The summed E-state index contributed by atoms with van der Waals surface area (Å²) in [6.07, 6.45) is 5.69. The van der Waals surface area contributed by atoms with Crippen molar-refractivity contribution in [2.75, 3.05) is 7.11 Å². The number of hydrogen-bond acceptors (Lipinski definition) is 5. The SMILES string of the molecule is COc1ccc(-c2cc(=O)[nH]c(SC(C)C(=O)NC3CCCCC3)n2)cc1. The van der Waals surface area contributed by atoms with E-state index in [0.717, 1.165) is 24.2 Å². The molecule has 3 rings (SSSR count). The number of hydrogen-bond donors (Lipinski definition) is 2. The van der Waals surface area contributed by atoms with Gasteiger partial charge in [-0.3, -0.25) is 9.59 Å². The third kappa shape index (κ3) is 5.35. The summed E-state index contributed by atoms with van der Waals surface area (Å²) in [4.78, 5) is 31.7. The second-order valence-electron chi connectivity index (χ2n) is 6.77. The number of aromatic amines is 1. The van der Waals surface area contributed by atoms with Crippen molar-refractivity contribution in [1.82, 2.24) is 15.3 Å². The minimum atomic E-state index is -0.332. The molecule has 2 N–H and O–H groups in total. The first-order valence-electron chi connectivity index (χ1n) is 9.28. The molecule has 2 aromatic rings. The maximum atomic E-state index is 12.5. The lowest BCUT2D eigenvalue weighted by Gasteiger charge is -2.24. The van der Waals surface area contributed by atoms with Gasteiger partial charge in [-0.2, -0.15) is 0 Å². The fourth-order valence-electron chi connectivity index (χ4n) is 3.19. The van der Waals surface area contributed by atoms with E-state index in [1.165, 1.54) is 37.1 Å². The van der Waals surface area contributed by atoms with E-state index in [4.69, 9.17) is 4.74 Å². The molecule has 1 aliphatic rings. The molecule has 1 saturated carbocycles. The highest BCUT2D eigenvalue weighted by atomic mass is 32.2. The number of carbonyl (C=O) groups is 1. The molecule has 1 fully saturated rings. The summed E-state index contributed by atoms with van der Waals surface area (Å²) in [6, 6.07) is 9.09. The van der Waals surface area contributed by atoms with E-state index in [-0.39, 0.29) is 22.8 Å². The molecule has 1 aliphatic carbocycles. The van der Waals surface area contributed by atoms with Crippen LogP contribution in [0.15, 0.2) is 40.3 Å². The van der Waals surface area contributed by atoms with Gasteiger partial charge in [0.05, 0.1) is 18.1 Å². The smallest absolute Gasteiger partial charge is 0.252 e. The van der Waals surface area contributed by atoms with Gasteiger partial charge in [-0.15, -0.1) is 0 Å². The van der Waals surface area contributed by atoms with Crippen LogP contribution in [0.5, 0.6) is 5.75 Å². The molecule has 1 aromatic carbocycles. The number of ether oxygens (including phenoxy) is 1. The van der Waals surface area contributed by atoms with Crippen molar-refractivity contribution in [2.24, 2.45) is 0 Å². The average molecular weight is 388 g/mol. The van der Waals surface area contributed by atoms with Gasteiger partial charge in [0.25, 0.3) is 5.56 Å². The maximum absolute atomic E-state index is 12.5. The zero-order valence-electron chi connectivity index (χ0n) is 15.7. The van der Waals surface area contributed by atoms with Crippen LogP contribution < -0.4 is 15.6 Å². The number of nitrogens with zero attached hydrogens (tertiary/aromatic N) is 1. The summed E-state index contributed by atoms with van der Waals surface area (Å²) >= 11 is 1.27. The van der Waals surface area contributed by atoms with Crippen LogP contribution in [0, 0.1) is 0 Å². The van der Waals surface area contributed by atoms with Gasteiger partial charge in [-0.25, -0.2) is 4.98 Å². The second-order valence-corrected chi connectivity index (χ2v) is 8.10. The minimum Gasteiger partial charge on any atom is -0.497 e. The molecule has 0 spiro atoms. The normalized spacial score (nSPS) is 15.9. The monoisotopic (exact) mass is 387 g/mol. The quantitative estimate of drug-likeness (QED) is 0.586. The number of H-pyrrole nitrogens is 1. The van der Waals surface area contributed by atoms with E-state index in [9.17, 15) is 9.59 Å². The lowest BCUT2D eigenvalue weighted by atomic mass is 9.95. The fourth-order valence-corrected chi connectivity index (χ4v) is 4.01. The Labute approximate surface area is 163 Å². The molecule has 6 nitrogen and oxygen atoms in total. The Bertz CT molecular complexity index is 829. The van der Waals surface area contributed by atoms with Crippen LogP contribution >= 0.6 is 11.8 Å². The third-order valence-corrected chi connectivity index (χ3v) is 5.70. The third-order valence-electron chi connectivity index (χ3n) is 4.71. The molecule has 1 amide bonds. The number of methoxy groups -OCH3 is 1. The van der Waals surface area contributed by atoms with E-state index in [2.05, 4.69) is 15.3 Å². The number of carbonyl (C=O) groups excluding carboxylic acids is 1. The first-order chi connectivity index (χ1) is 13.0. The van der Waals surface area contributed by atoms with Gasteiger partial charge in [0, 0.05) is 17.7 Å². The number of aromatic nitrogens is 2. The van der Waals surface area contributed by atoms with Gasteiger partial charge < -0.3 is 15.0 Å². The Hall–Kier alpha value is -2.28. The summed E-state index contributed by atoms with van der Waals surface area (Å²) < 4.78 is 5.16. The summed E-state index contributed by atoms with van der Waals surface area (Å²) in [5.74, 6) is 0.732. The van der Waals surface area contributed by atoms with Crippen LogP contribution in [0.25, 0.3) is 11.3 Å². The molecule has 0 bridgehead atoms. The van der Waals surface area contributed by atoms with Crippen molar-refractivity contribution in [1.29, 1.82) is 0 Å². The summed E-state index contributed by atoms with van der Waals surface area (Å²) in [7, 11) is 1.61. The number of thioether (sulfide) groups is 1.